The lowest BCUT2D eigenvalue weighted by atomic mass is 9.77. The molecule has 0 heteroatoms. The van der Waals surface area contributed by atoms with Gasteiger partial charge >= 0.3 is 0 Å². The molecule has 0 atom stereocenters. The van der Waals surface area contributed by atoms with Crippen molar-refractivity contribution in [3.05, 3.63) is 83.9 Å². The van der Waals surface area contributed by atoms with E-state index < -0.39 is 0 Å². The molecule has 0 amide bonds. The van der Waals surface area contributed by atoms with Crippen molar-refractivity contribution in [2.45, 2.75) is 77.6 Å². The van der Waals surface area contributed by atoms with Gasteiger partial charge in [-0.2, -0.15) is 0 Å². The zero-order valence-corrected chi connectivity index (χ0v) is 19.4. The van der Waals surface area contributed by atoms with E-state index in [1.807, 2.05) is 0 Å². The first-order valence-corrected chi connectivity index (χ1v) is 12.6. The Bertz CT molecular complexity index is 928. The molecule has 1 aliphatic carbocycles. The molecule has 0 aliphatic heterocycles. The van der Waals surface area contributed by atoms with Crippen LogP contribution in [-0.2, 0) is 6.42 Å². The third kappa shape index (κ3) is 5.48. The third-order valence-corrected chi connectivity index (χ3v) is 7.33. The van der Waals surface area contributed by atoms with Crippen molar-refractivity contribution in [2.75, 3.05) is 0 Å². The quantitative estimate of drug-likeness (QED) is 0.324. The van der Waals surface area contributed by atoms with Gasteiger partial charge in [-0.1, -0.05) is 112 Å². The SMILES string of the molecule is CCCCC[C@H]1CC[C@H](c2ccc(-c3ccc(CC)cc3-c3ccccc3)cc2)CC1. The molecular weight excluding hydrogens is 372 g/mol. The van der Waals surface area contributed by atoms with Crippen LogP contribution in [0.4, 0.5) is 0 Å². The Balaban J connectivity index is 1.49. The van der Waals surface area contributed by atoms with Gasteiger partial charge < -0.3 is 0 Å². The van der Waals surface area contributed by atoms with E-state index in [1.165, 1.54) is 79.2 Å². The lowest BCUT2D eigenvalue weighted by Crippen LogP contribution is -2.13. The smallest absolute Gasteiger partial charge is 0.0103 e. The highest BCUT2D eigenvalue weighted by molar-refractivity contribution is 5.84. The number of aryl methyl sites for hydroxylation is 1. The van der Waals surface area contributed by atoms with E-state index in [9.17, 15) is 0 Å². The maximum absolute atomic E-state index is 2.40. The van der Waals surface area contributed by atoms with Crippen LogP contribution in [0, 0.1) is 5.92 Å². The first-order valence-electron chi connectivity index (χ1n) is 12.6. The van der Waals surface area contributed by atoms with Gasteiger partial charge in [0.05, 0.1) is 0 Å². The summed E-state index contributed by atoms with van der Waals surface area (Å²) in [6, 6.07) is 27.3. The van der Waals surface area contributed by atoms with Crippen molar-refractivity contribution >= 4 is 0 Å². The van der Waals surface area contributed by atoms with Crippen molar-refractivity contribution in [1.29, 1.82) is 0 Å². The van der Waals surface area contributed by atoms with Crippen LogP contribution in [0.1, 0.15) is 82.3 Å². The second-order valence-electron chi connectivity index (χ2n) is 9.43. The number of hydrogen-bond donors (Lipinski definition) is 0. The van der Waals surface area contributed by atoms with Crippen LogP contribution in [0.5, 0.6) is 0 Å². The Hall–Kier alpha value is -2.34. The second-order valence-corrected chi connectivity index (χ2v) is 9.43. The molecule has 0 spiro atoms. The normalized spacial score (nSPS) is 18.8. The fourth-order valence-electron chi connectivity index (χ4n) is 5.32. The molecule has 3 aromatic carbocycles. The molecule has 31 heavy (non-hydrogen) atoms. The van der Waals surface area contributed by atoms with E-state index >= 15 is 0 Å². The highest BCUT2D eigenvalue weighted by atomic mass is 14.3. The molecule has 0 N–H and O–H groups in total. The van der Waals surface area contributed by atoms with Crippen LogP contribution < -0.4 is 0 Å². The van der Waals surface area contributed by atoms with Crippen LogP contribution in [-0.4, -0.2) is 0 Å². The molecule has 0 radical (unpaired) electrons. The minimum atomic E-state index is 0.757. The fraction of sp³-hybridized carbons (Fsp3) is 0.419. The van der Waals surface area contributed by atoms with Gasteiger partial charge in [0.1, 0.15) is 0 Å². The largest absolute Gasteiger partial charge is 0.0654 e. The minimum absolute atomic E-state index is 0.757. The van der Waals surface area contributed by atoms with Crippen molar-refractivity contribution < 1.29 is 0 Å². The Labute approximate surface area is 189 Å². The Morgan fingerprint density at radius 2 is 1.39 bits per heavy atom. The minimum Gasteiger partial charge on any atom is -0.0654 e. The summed E-state index contributed by atoms with van der Waals surface area (Å²) in [5.74, 6) is 1.74. The molecule has 0 nitrogen and oxygen atoms in total. The summed E-state index contributed by atoms with van der Waals surface area (Å²) in [5.41, 5.74) is 8.27. The molecule has 4 rings (SSSR count). The van der Waals surface area contributed by atoms with Crippen LogP contribution in [0.15, 0.2) is 72.8 Å². The van der Waals surface area contributed by atoms with E-state index in [-0.39, 0.29) is 0 Å². The number of hydrogen-bond acceptors (Lipinski definition) is 0. The highest BCUT2D eigenvalue weighted by Crippen LogP contribution is 2.39. The summed E-state index contributed by atoms with van der Waals surface area (Å²) < 4.78 is 0. The summed E-state index contributed by atoms with van der Waals surface area (Å²) in [4.78, 5) is 0. The second kappa shape index (κ2) is 10.8. The Morgan fingerprint density at radius 3 is 2.06 bits per heavy atom. The van der Waals surface area contributed by atoms with Crippen molar-refractivity contribution in [3.8, 4) is 22.3 Å². The number of unbranched alkanes of at least 4 members (excludes halogenated alkanes) is 2. The molecule has 3 aromatic rings. The predicted molar refractivity (Wildman–Crippen MR) is 136 cm³/mol. The van der Waals surface area contributed by atoms with Crippen LogP contribution in [0.25, 0.3) is 22.3 Å². The summed E-state index contributed by atoms with van der Waals surface area (Å²) >= 11 is 0. The van der Waals surface area contributed by atoms with Crippen molar-refractivity contribution in [1.82, 2.24) is 0 Å². The van der Waals surface area contributed by atoms with Gasteiger partial charge in [0, 0.05) is 0 Å². The van der Waals surface area contributed by atoms with E-state index in [4.69, 9.17) is 0 Å². The van der Waals surface area contributed by atoms with Gasteiger partial charge in [0.25, 0.3) is 0 Å². The first-order chi connectivity index (χ1) is 15.3. The molecule has 0 unspecified atom stereocenters. The molecule has 0 heterocycles. The summed E-state index contributed by atoms with van der Waals surface area (Å²) in [6.07, 6.45) is 12.3. The molecule has 162 valence electrons. The molecule has 1 saturated carbocycles. The Morgan fingerprint density at radius 1 is 0.677 bits per heavy atom. The average Bonchev–Trinajstić information content (AvgIpc) is 2.85. The van der Waals surface area contributed by atoms with Gasteiger partial charge in [0.15, 0.2) is 0 Å². The predicted octanol–water partition coefficient (Wildman–Crippen LogP) is 9.44. The molecule has 0 bridgehead atoms. The monoisotopic (exact) mass is 410 g/mol. The average molecular weight is 411 g/mol. The fourth-order valence-corrected chi connectivity index (χ4v) is 5.32. The van der Waals surface area contributed by atoms with Crippen molar-refractivity contribution in [3.63, 3.8) is 0 Å². The molecule has 0 aromatic heterocycles. The number of benzene rings is 3. The molecule has 1 aliphatic rings. The zero-order chi connectivity index (χ0) is 21.5. The lowest BCUT2D eigenvalue weighted by molar-refractivity contribution is 0.303. The standard InChI is InChI=1S/C31H38/c1-3-5-7-10-25-13-16-26(17-14-25)27-18-20-29(21-19-27)30-22-15-24(4-2)23-31(30)28-11-8-6-9-12-28/h6,8-9,11-12,15,18-23,25-26H,3-5,7,10,13-14,16-17H2,1-2H3/t25-,26-. The van der Waals surface area contributed by atoms with E-state index in [0.717, 1.165) is 18.3 Å². The first kappa shape index (κ1) is 21.9. The van der Waals surface area contributed by atoms with Crippen LogP contribution in [0.2, 0.25) is 0 Å². The maximum Gasteiger partial charge on any atom is -0.0103 e. The lowest BCUT2D eigenvalue weighted by Gasteiger charge is -2.29. The third-order valence-electron chi connectivity index (χ3n) is 7.33. The van der Waals surface area contributed by atoms with Crippen LogP contribution in [0.3, 0.4) is 0 Å². The summed E-state index contributed by atoms with van der Waals surface area (Å²) in [6.45, 7) is 4.54. The van der Waals surface area contributed by atoms with Crippen LogP contribution >= 0.6 is 0 Å². The topological polar surface area (TPSA) is 0 Å². The highest BCUT2D eigenvalue weighted by Gasteiger charge is 2.22. The van der Waals surface area contributed by atoms with E-state index in [2.05, 4.69) is 86.6 Å². The Kier molecular flexibility index (Phi) is 7.62. The van der Waals surface area contributed by atoms with Gasteiger partial charge in [-0.05, 0) is 77.3 Å². The number of rotatable bonds is 8. The van der Waals surface area contributed by atoms with Gasteiger partial charge in [-0.3, -0.25) is 0 Å². The van der Waals surface area contributed by atoms with Crippen molar-refractivity contribution in [2.24, 2.45) is 5.92 Å². The molecule has 1 fully saturated rings. The van der Waals surface area contributed by atoms with E-state index in [1.54, 1.807) is 5.56 Å². The van der Waals surface area contributed by atoms with E-state index in [0.29, 0.717) is 0 Å². The van der Waals surface area contributed by atoms with Gasteiger partial charge in [0.2, 0.25) is 0 Å². The molecular formula is C31H38. The molecule has 0 saturated heterocycles. The summed E-state index contributed by atoms with van der Waals surface area (Å²) in [7, 11) is 0. The summed E-state index contributed by atoms with van der Waals surface area (Å²) in [5, 5.41) is 0. The van der Waals surface area contributed by atoms with Gasteiger partial charge in [-0.15, -0.1) is 0 Å². The maximum atomic E-state index is 2.40. The zero-order valence-electron chi connectivity index (χ0n) is 19.4. The van der Waals surface area contributed by atoms with Gasteiger partial charge in [-0.25, -0.2) is 0 Å².